The largest absolute Gasteiger partial charge is 0.477 e. The second-order valence-electron chi connectivity index (χ2n) is 8.09. The predicted octanol–water partition coefficient (Wildman–Crippen LogP) is 3.72. The van der Waals surface area contributed by atoms with Crippen molar-refractivity contribution in [3.63, 3.8) is 0 Å². The Balaban J connectivity index is 1.73. The number of aryl methyl sites for hydroxylation is 2. The first kappa shape index (κ1) is 20.4. The van der Waals surface area contributed by atoms with Crippen LogP contribution in [0.4, 0.5) is 11.4 Å². The maximum atomic E-state index is 12.4. The van der Waals surface area contributed by atoms with Crippen molar-refractivity contribution in [2.45, 2.75) is 13.8 Å². The van der Waals surface area contributed by atoms with Crippen molar-refractivity contribution < 1.29 is 19.4 Å². The molecule has 0 aliphatic carbocycles. The van der Waals surface area contributed by atoms with Gasteiger partial charge >= 0.3 is 5.97 Å². The van der Waals surface area contributed by atoms with Gasteiger partial charge in [0.2, 0.25) is 11.3 Å². The molecule has 0 unspecified atom stereocenters. The standard InChI is InChI=1S/C23H25N3O4S/c1-14-11-16(25-3-7-29-8-4-25)13-18-20(14)24-21-15(2)12-17(26-5-9-30-10-6-26)19(23(27)28)22(21)31-18/h11-13H,3-10H2,1-2H3/p+1. The Morgan fingerprint density at radius 3 is 2.19 bits per heavy atom. The van der Waals surface area contributed by atoms with Gasteiger partial charge in [-0.1, -0.05) is 0 Å². The van der Waals surface area contributed by atoms with Crippen molar-refractivity contribution in [3.05, 3.63) is 34.9 Å². The van der Waals surface area contributed by atoms with Gasteiger partial charge in [0, 0.05) is 37.9 Å². The molecule has 0 radical (unpaired) electrons. The molecule has 0 bridgehead atoms. The van der Waals surface area contributed by atoms with Crippen LogP contribution in [0.15, 0.2) is 18.2 Å². The molecule has 1 aromatic heterocycles. The van der Waals surface area contributed by atoms with Crippen LogP contribution in [-0.4, -0.2) is 68.7 Å². The zero-order chi connectivity index (χ0) is 21.5. The van der Waals surface area contributed by atoms with Crippen molar-refractivity contribution in [2.24, 2.45) is 0 Å². The lowest BCUT2D eigenvalue weighted by atomic mass is 10.1. The lowest BCUT2D eigenvalue weighted by Crippen LogP contribution is -2.37. The van der Waals surface area contributed by atoms with E-state index in [1.807, 2.05) is 13.0 Å². The summed E-state index contributed by atoms with van der Waals surface area (Å²) in [7, 11) is 0. The van der Waals surface area contributed by atoms with Crippen molar-refractivity contribution in [1.82, 2.24) is 4.98 Å². The molecule has 8 heteroatoms. The third-order valence-electron chi connectivity index (χ3n) is 6.05. The van der Waals surface area contributed by atoms with Gasteiger partial charge in [0.1, 0.15) is 11.0 Å². The second-order valence-corrected chi connectivity index (χ2v) is 9.14. The number of aromatic nitrogens is 1. The summed E-state index contributed by atoms with van der Waals surface area (Å²) in [5.41, 5.74) is 6.06. The maximum Gasteiger partial charge on any atom is 0.343 e. The molecular weight excluding hydrogens is 414 g/mol. The quantitative estimate of drug-likeness (QED) is 0.491. The van der Waals surface area contributed by atoms with Gasteiger partial charge < -0.3 is 24.4 Å². The Kier molecular flexibility index (Phi) is 5.37. The number of hydrogen-bond donors (Lipinski definition) is 1. The van der Waals surface area contributed by atoms with E-state index < -0.39 is 5.97 Å². The summed E-state index contributed by atoms with van der Waals surface area (Å²) in [6.45, 7) is 9.86. The fourth-order valence-corrected chi connectivity index (χ4v) is 5.73. The maximum absolute atomic E-state index is 12.4. The van der Waals surface area contributed by atoms with Crippen LogP contribution in [0.1, 0.15) is 21.5 Å². The fraction of sp³-hybridized carbons (Fsp3) is 0.435. The molecule has 7 nitrogen and oxygen atoms in total. The van der Waals surface area contributed by atoms with E-state index in [2.05, 4.69) is 28.9 Å². The summed E-state index contributed by atoms with van der Waals surface area (Å²) in [5, 5.41) is 10.2. The number of carboxylic acids is 1. The summed E-state index contributed by atoms with van der Waals surface area (Å²) in [5.74, 6) is -0.912. The third-order valence-corrected chi connectivity index (χ3v) is 7.19. The Labute approximate surface area is 184 Å². The molecule has 2 aromatic carbocycles. The van der Waals surface area contributed by atoms with E-state index in [0.29, 0.717) is 31.9 Å². The van der Waals surface area contributed by atoms with Crippen molar-refractivity contribution in [3.8, 4) is 0 Å². The van der Waals surface area contributed by atoms with Crippen LogP contribution in [0.25, 0.3) is 20.4 Å². The number of nitrogens with zero attached hydrogens (tertiary/aromatic N) is 3. The first-order valence-electron chi connectivity index (χ1n) is 10.6. The number of ether oxygens (including phenoxy) is 2. The number of rotatable bonds is 3. The highest BCUT2D eigenvalue weighted by Gasteiger charge is 2.30. The molecule has 0 amide bonds. The highest BCUT2D eigenvalue weighted by atomic mass is 32.1. The summed E-state index contributed by atoms with van der Waals surface area (Å²) in [6.07, 6.45) is 0. The average molecular weight is 441 g/mol. The van der Waals surface area contributed by atoms with E-state index >= 15 is 0 Å². The van der Waals surface area contributed by atoms with Gasteiger partial charge in [-0.15, -0.1) is 0 Å². The minimum atomic E-state index is -0.912. The highest BCUT2D eigenvalue weighted by Crippen LogP contribution is 2.38. The van der Waals surface area contributed by atoms with Gasteiger partial charge in [0.15, 0.2) is 5.56 Å². The molecule has 162 valence electrons. The topological polar surface area (TPSA) is 75.1 Å². The van der Waals surface area contributed by atoms with Gasteiger partial charge in [-0.05, 0) is 37.1 Å². The molecule has 2 fully saturated rings. The van der Waals surface area contributed by atoms with Crippen LogP contribution >= 0.6 is 11.3 Å². The van der Waals surface area contributed by atoms with Crippen LogP contribution in [0, 0.1) is 13.8 Å². The van der Waals surface area contributed by atoms with Crippen molar-refractivity contribution in [1.29, 1.82) is 0 Å². The first-order valence-corrected chi connectivity index (χ1v) is 11.4. The number of morpholine rings is 2. The number of anilines is 2. The van der Waals surface area contributed by atoms with E-state index in [1.165, 1.54) is 11.3 Å². The zero-order valence-corrected chi connectivity index (χ0v) is 18.6. The van der Waals surface area contributed by atoms with E-state index in [-0.39, 0.29) is 0 Å². The molecule has 2 aliphatic heterocycles. The summed E-state index contributed by atoms with van der Waals surface area (Å²) in [6, 6.07) is 6.29. The molecule has 3 heterocycles. The molecule has 0 saturated carbocycles. The molecule has 2 aliphatic rings. The average Bonchev–Trinajstić information content (AvgIpc) is 2.79. The van der Waals surface area contributed by atoms with Crippen LogP contribution in [-0.2, 0) is 9.47 Å². The SMILES string of the molecule is Cc1cc(N2CCOCC2)cc2[s+]c3c(C(=O)O)c(N4CCOCC4)cc(C)c3nc12. The van der Waals surface area contributed by atoms with Gasteiger partial charge in [-0.2, -0.15) is 0 Å². The Morgan fingerprint density at radius 2 is 1.55 bits per heavy atom. The molecule has 31 heavy (non-hydrogen) atoms. The summed E-state index contributed by atoms with van der Waals surface area (Å²) in [4.78, 5) is 21.8. The number of hydrogen-bond acceptors (Lipinski definition) is 6. The number of carbonyl (C=O) groups is 1. The minimum absolute atomic E-state index is 0.344. The lowest BCUT2D eigenvalue weighted by Gasteiger charge is -2.30. The van der Waals surface area contributed by atoms with Crippen LogP contribution in [0.2, 0.25) is 0 Å². The Morgan fingerprint density at radius 1 is 0.935 bits per heavy atom. The Hall–Kier alpha value is -2.55. The van der Waals surface area contributed by atoms with E-state index in [9.17, 15) is 9.90 Å². The van der Waals surface area contributed by atoms with E-state index in [1.54, 1.807) is 0 Å². The number of benzene rings is 2. The summed E-state index contributed by atoms with van der Waals surface area (Å²) < 4.78 is 12.7. The highest BCUT2D eigenvalue weighted by molar-refractivity contribution is 7.24. The van der Waals surface area contributed by atoms with Crippen LogP contribution < -0.4 is 9.80 Å². The molecule has 5 rings (SSSR count). The predicted molar refractivity (Wildman–Crippen MR) is 124 cm³/mol. The first-order chi connectivity index (χ1) is 15.0. The number of aromatic carboxylic acids is 1. The molecule has 3 aromatic rings. The van der Waals surface area contributed by atoms with Crippen molar-refractivity contribution in [2.75, 3.05) is 62.4 Å². The molecule has 2 saturated heterocycles. The van der Waals surface area contributed by atoms with E-state index in [0.717, 1.165) is 69.2 Å². The van der Waals surface area contributed by atoms with Crippen LogP contribution in [0.3, 0.4) is 0 Å². The Bertz CT molecular complexity index is 1170. The van der Waals surface area contributed by atoms with Gasteiger partial charge in [0.25, 0.3) is 9.40 Å². The molecule has 1 N–H and O–H groups in total. The van der Waals surface area contributed by atoms with Gasteiger partial charge in [-0.3, -0.25) is 0 Å². The van der Waals surface area contributed by atoms with Gasteiger partial charge in [0.05, 0.1) is 32.1 Å². The second kappa shape index (κ2) is 8.18. The minimum Gasteiger partial charge on any atom is -0.477 e. The van der Waals surface area contributed by atoms with Gasteiger partial charge in [-0.25, -0.2) is 9.78 Å². The molecule has 0 atom stereocenters. The lowest BCUT2D eigenvalue weighted by molar-refractivity contribution is 0.0698. The fourth-order valence-electron chi connectivity index (χ4n) is 4.43. The van der Waals surface area contributed by atoms with Crippen LogP contribution in [0.5, 0.6) is 0 Å². The van der Waals surface area contributed by atoms with E-state index in [4.69, 9.17) is 14.5 Å². The number of fused-ring (bicyclic) bond motifs is 2. The molecular formula is C23H26N3O4S+. The normalized spacial score (nSPS) is 17.5. The summed E-state index contributed by atoms with van der Waals surface area (Å²) >= 11 is 1.53. The molecule has 0 spiro atoms. The zero-order valence-electron chi connectivity index (χ0n) is 17.8. The van der Waals surface area contributed by atoms with Crippen molar-refractivity contribution >= 4 is 49.1 Å². The monoisotopic (exact) mass is 440 g/mol. The smallest absolute Gasteiger partial charge is 0.343 e. The number of carboxylic acid groups (broad SMARTS) is 1. The third kappa shape index (κ3) is 3.69.